The number of anilines is 1. The Labute approximate surface area is 171 Å². The van der Waals surface area contributed by atoms with Crippen molar-refractivity contribution in [3.8, 4) is 17.1 Å². The first kappa shape index (κ1) is 19.2. The maximum absolute atomic E-state index is 13.9. The van der Waals surface area contributed by atoms with Crippen molar-refractivity contribution in [2.45, 2.75) is 37.4 Å². The molecular formula is C21H22F3N5O. The number of nitrogens with one attached hydrogen (secondary N) is 2. The van der Waals surface area contributed by atoms with Gasteiger partial charge in [-0.2, -0.15) is 0 Å². The van der Waals surface area contributed by atoms with Crippen LogP contribution in [0, 0.1) is 0 Å². The SMILES string of the molecule is FC(F)COc1cc2ncc(-c3cccc(NC4CNCC4F)n3)n2cc1C1CC1. The van der Waals surface area contributed by atoms with Crippen LogP contribution in [0.4, 0.5) is 19.0 Å². The van der Waals surface area contributed by atoms with Crippen LogP contribution >= 0.6 is 0 Å². The molecule has 2 aliphatic rings. The van der Waals surface area contributed by atoms with Crippen LogP contribution in [-0.2, 0) is 0 Å². The fourth-order valence-electron chi connectivity index (χ4n) is 3.83. The van der Waals surface area contributed by atoms with Crippen molar-refractivity contribution in [1.82, 2.24) is 19.7 Å². The van der Waals surface area contributed by atoms with E-state index in [1.54, 1.807) is 12.3 Å². The molecule has 9 heteroatoms. The van der Waals surface area contributed by atoms with E-state index in [1.807, 2.05) is 28.8 Å². The zero-order valence-corrected chi connectivity index (χ0v) is 16.2. The van der Waals surface area contributed by atoms with Crippen molar-refractivity contribution in [3.05, 3.63) is 42.2 Å². The van der Waals surface area contributed by atoms with Gasteiger partial charge in [0.25, 0.3) is 6.43 Å². The van der Waals surface area contributed by atoms with Crippen LogP contribution < -0.4 is 15.4 Å². The highest BCUT2D eigenvalue weighted by Crippen LogP contribution is 2.45. The summed E-state index contributed by atoms with van der Waals surface area (Å²) >= 11 is 0. The summed E-state index contributed by atoms with van der Waals surface area (Å²) in [6.07, 6.45) is 2.15. The fraction of sp³-hybridized carbons (Fsp3) is 0.429. The highest BCUT2D eigenvalue weighted by molar-refractivity contribution is 5.64. The van der Waals surface area contributed by atoms with Gasteiger partial charge >= 0.3 is 0 Å². The molecule has 0 radical (unpaired) electrons. The number of ether oxygens (including phenoxy) is 1. The molecule has 2 fully saturated rings. The number of fused-ring (bicyclic) bond motifs is 1. The quantitative estimate of drug-likeness (QED) is 0.615. The molecular weight excluding hydrogens is 395 g/mol. The van der Waals surface area contributed by atoms with Crippen LogP contribution in [0.5, 0.6) is 5.75 Å². The minimum atomic E-state index is -2.53. The lowest BCUT2D eigenvalue weighted by atomic mass is 10.1. The summed E-state index contributed by atoms with van der Waals surface area (Å²) in [5.41, 5.74) is 2.98. The van der Waals surface area contributed by atoms with Crippen molar-refractivity contribution in [2.24, 2.45) is 0 Å². The number of imidazole rings is 1. The van der Waals surface area contributed by atoms with Gasteiger partial charge in [-0.3, -0.25) is 4.40 Å². The molecule has 2 N–H and O–H groups in total. The minimum Gasteiger partial charge on any atom is -0.487 e. The second-order valence-corrected chi connectivity index (χ2v) is 7.77. The molecule has 0 spiro atoms. The van der Waals surface area contributed by atoms with Gasteiger partial charge in [-0.25, -0.2) is 23.1 Å². The first-order valence-corrected chi connectivity index (χ1v) is 10.1. The molecule has 0 amide bonds. The van der Waals surface area contributed by atoms with Crippen molar-refractivity contribution in [1.29, 1.82) is 0 Å². The maximum Gasteiger partial charge on any atom is 0.272 e. The smallest absolute Gasteiger partial charge is 0.272 e. The minimum absolute atomic E-state index is 0.314. The zero-order valence-electron chi connectivity index (χ0n) is 16.2. The molecule has 3 aromatic heterocycles. The maximum atomic E-state index is 13.9. The second kappa shape index (κ2) is 7.79. The van der Waals surface area contributed by atoms with E-state index in [0.29, 0.717) is 41.9 Å². The van der Waals surface area contributed by atoms with Crippen molar-refractivity contribution >= 4 is 11.5 Å². The van der Waals surface area contributed by atoms with Gasteiger partial charge in [-0.1, -0.05) is 6.07 Å². The predicted molar refractivity (Wildman–Crippen MR) is 107 cm³/mol. The molecule has 1 aliphatic heterocycles. The molecule has 158 valence electrons. The Hall–Kier alpha value is -2.81. The Kier molecular flexibility index (Phi) is 4.98. The van der Waals surface area contributed by atoms with Crippen LogP contribution in [0.3, 0.4) is 0 Å². The Bertz CT molecular complexity index is 1050. The van der Waals surface area contributed by atoms with E-state index in [1.165, 1.54) is 0 Å². The van der Waals surface area contributed by atoms with Gasteiger partial charge in [0.2, 0.25) is 0 Å². The third kappa shape index (κ3) is 3.81. The molecule has 1 saturated carbocycles. The van der Waals surface area contributed by atoms with E-state index in [0.717, 1.165) is 24.1 Å². The molecule has 4 heterocycles. The van der Waals surface area contributed by atoms with E-state index in [4.69, 9.17) is 4.74 Å². The molecule has 0 aromatic carbocycles. The van der Waals surface area contributed by atoms with E-state index in [9.17, 15) is 13.2 Å². The Balaban J connectivity index is 1.47. The molecule has 5 rings (SSSR count). The molecule has 2 unspecified atom stereocenters. The standard InChI is InChI=1S/C21H22F3N5O/c22-14-7-25-8-16(14)28-20-3-1-2-15(27-20)17-9-26-21-6-18(30-11-19(23)24)13(10-29(17)21)12-4-5-12/h1-3,6,9-10,12,14,16,19,25H,4-5,7-8,11H2,(H,27,28). The van der Waals surface area contributed by atoms with Crippen molar-refractivity contribution in [2.75, 3.05) is 25.0 Å². The van der Waals surface area contributed by atoms with Crippen LogP contribution in [0.2, 0.25) is 0 Å². The number of hydrogen-bond acceptors (Lipinski definition) is 5. The lowest BCUT2D eigenvalue weighted by Crippen LogP contribution is -2.29. The van der Waals surface area contributed by atoms with Gasteiger partial charge in [0, 0.05) is 30.9 Å². The van der Waals surface area contributed by atoms with Crippen LogP contribution in [0.25, 0.3) is 17.0 Å². The summed E-state index contributed by atoms with van der Waals surface area (Å²) in [6, 6.07) is 6.93. The fourth-order valence-corrected chi connectivity index (χ4v) is 3.83. The average Bonchev–Trinajstić information content (AvgIpc) is 3.38. The van der Waals surface area contributed by atoms with Gasteiger partial charge < -0.3 is 15.4 Å². The largest absolute Gasteiger partial charge is 0.487 e. The Morgan fingerprint density at radius 1 is 1.27 bits per heavy atom. The average molecular weight is 417 g/mol. The molecule has 6 nitrogen and oxygen atoms in total. The lowest BCUT2D eigenvalue weighted by Gasteiger charge is -2.15. The molecule has 30 heavy (non-hydrogen) atoms. The van der Waals surface area contributed by atoms with Gasteiger partial charge in [0.1, 0.15) is 30.0 Å². The van der Waals surface area contributed by atoms with Crippen LogP contribution in [0.15, 0.2) is 36.7 Å². The summed E-state index contributed by atoms with van der Waals surface area (Å²) in [7, 11) is 0. The zero-order chi connectivity index (χ0) is 20.7. The van der Waals surface area contributed by atoms with Gasteiger partial charge in [0.15, 0.2) is 0 Å². The number of pyridine rings is 2. The number of halogens is 3. The Morgan fingerprint density at radius 2 is 2.13 bits per heavy atom. The summed E-state index contributed by atoms with van der Waals surface area (Å²) < 4.78 is 46.4. The number of rotatable bonds is 7. The van der Waals surface area contributed by atoms with E-state index in [-0.39, 0.29) is 6.04 Å². The third-order valence-electron chi connectivity index (χ3n) is 5.51. The topological polar surface area (TPSA) is 63.5 Å². The normalized spacial score (nSPS) is 21.5. The number of nitrogens with zero attached hydrogens (tertiary/aromatic N) is 3. The summed E-state index contributed by atoms with van der Waals surface area (Å²) in [4.78, 5) is 9.05. The van der Waals surface area contributed by atoms with Crippen LogP contribution in [-0.4, -0.2) is 52.7 Å². The first-order chi connectivity index (χ1) is 14.6. The van der Waals surface area contributed by atoms with Crippen molar-refractivity contribution in [3.63, 3.8) is 0 Å². The molecule has 1 aliphatic carbocycles. The third-order valence-corrected chi connectivity index (χ3v) is 5.51. The number of alkyl halides is 3. The lowest BCUT2D eigenvalue weighted by molar-refractivity contribution is 0.0814. The van der Waals surface area contributed by atoms with Gasteiger partial charge in [0.05, 0.1) is 23.6 Å². The van der Waals surface area contributed by atoms with E-state index >= 15 is 0 Å². The summed E-state index contributed by atoms with van der Waals surface area (Å²) in [5, 5.41) is 6.16. The predicted octanol–water partition coefficient (Wildman–Crippen LogP) is 3.64. The van der Waals surface area contributed by atoms with E-state index in [2.05, 4.69) is 20.6 Å². The second-order valence-electron chi connectivity index (χ2n) is 7.77. The van der Waals surface area contributed by atoms with Crippen molar-refractivity contribution < 1.29 is 17.9 Å². The molecule has 0 bridgehead atoms. The highest BCUT2D eigenvalue weighted by atomic mass is 19.3. The summed E-state index contributed by atoms with van der Waals surface area (Å²) in [6.45, 7) is 0.254. The van der Waals surface area contributed by atoms with E-state index < -0.39 is 19.2 Å². The molecule has 2 atom stereocenters. The highest BCUT2D eigenvalue weighted by Gasteiger charge is 2.29. The van der Waals surface area contributed by atoms with Gasteiger partial charge in [-0.05, 0) is 30.9 Å². The molecule has 3 aromatic rings. The number of hydrogen-bond donors (Lipinski definition) is 2. The first-order valence-electron chi connectivity index (χ1n) is 10.1. The number of aromatic nitrogens is 3. The Morgan fingerprint density at radius 3 is 2.87 bits per heavy atom. The summed E-state index contributed by atoms with van der Waals surface area (Å²) in [5.74, 6) is 1.38. The van der Waals surface area contributed by atoms with Gasteiger partial charge in [-0.15, -0.1) is 0 Å². The molecule has 1 saturated heterocycles. The monoisotopic (exact) mass is 417 g/mol. The van der Waals surface area contributed by atoms with Crippen LogP contribution in [0.1, 0.15) is 24.3 Å².